The Morgan fingerprint density at radius 1 is 1.07 bits per heavy atom. The molecule has 0 rings (SSSR count). The van der Waals surface area contributed by atoms with Crippen molar-refractivity contribution in [2.75, 3.05) is 0 Å². The molecule has 0 spiro atoms. The van der Waals surface area contributed by atoms with E-state index in [-0.39, 0.29) is 16.1 Å². The average molecular weight is 350 g/mol. The van der Waals surface area contributed by atoms with Gasteiger partial charge in [-0.2, -0.15) is 30.7 Å². The molecule has 0 aromatic rings. The van der Waals surface area contributed by atoms with Crippen LogP contribution in [0.15, 0.2) is 9.66 Å². The van der Waals surface area contributed by atoms with Gasteiger partial charge in [0, 0.05) is 6.08 Å². The molecule has 90 valence electrons. The van der Waals surface area contributed by atoms with Crippen LogP contribution in [-0.4, -0.2) is 18.0 Å². The van der Waals surface area contributed by atoms with Gasteiger partial charge in [0.05, 0.1) is 0 Å². The molecule has 0 nitrogen and oxygen atoms in total. The highest BCUT2D eigenvalue weighted by Gasteiger charge is 2.72. The van der Waals surface area contributed by atoms with E-state index in [1.54, 1.807) is 0 Å². The molecule has 0 atom stereocenters. The maximum atomic E-state index is 12.6. The number of alkyl halides is 7. The summed E-state index contributed by atoms with van der Waals surface area (Å²) in [5.41, 5.74) is 0. The summed E-state index contributed by atoms with van der Waals surface area (Å²) in [5.74, 6) is -11.3. The van der Waals surface area contributed by atoms with Crippen molar-refractivity contribution in [1.29, 1.82) is 0 Å². The minimum absolute atomic E-state index is 0.0376. The maximum Gasteiger partial charge on any atom is 0.460 e. The molecule has 0 bridgehead atoms. The lowest BCUT2D eigenvalue weighted by molar-refractivity contribution is -0.341. The highest BCUT2D eigenvalue weighted by Crippen LogP contribution is 2.47. The molecule has 0 saturated carbocycles. The fraction of sp³-hybridized carbons (Fsp3) is 0.714. The minimum Gasteiger partial charge on any atom is -0.195 e. The molecule has 0 amide bonds. The molecular weight excluding hydrogens is 344 g/mol. The Morgan fingerprint density at radius 2 is 1.47 bits per heavy atom. The van der Waals surface area contributed by atoms with Crippen LogP contribution in [0, 0.1) is 0 Å². The number of halogens is 8. The normalized spacial score (nSPS) is 15.7. The van der Waals surface area contributed by atoms with Crippen molar-refractivity contribution in [3.63, 3.8) is 0 Å². The monoisotopic (exact) mass is 350 g/mol. The lowest BCUT2D eigenvalue weighted by Gasteiger charge is -2.26. The quantitative estimate of drug-likeness (QED) is 0.518. The summed E-state index contributed by atoms with van der Waals surface area (Å²) in [6.45, 7) is 1.36. The third-order valence-corrected chi connectivity index (χ3v) is 2.52. The van der Waals surface area contributed by atoms with Crippen molar-refractivity contribution in [1.82, 2.24) is 0 Å². The van der Waals surface area contributed by atoms with Gasteiger partial charge in [0.2, 0.25) is 0 Å². The van der Waals surface area contributed by atoms with Crippen molar-refractivity contribution in [2.45, 2.75) is 31.4 Å². The summed E-state index contributed by atoms with van der Waals surface area (Å²) in [6.07, 6.45) is -6.66. The van der Waals surface area contributed by atoms with Gasteiger partial charge in [-0.3, -0.25) is 0 Å². The minimum atomic E-state index is -6.27. The van der Waals surface area contributed by atoms with Gasteiger partial charge in [-0.25, -0.2) is 0 Å². The number of allylic oxidation sites excluding steroid dienone is 2. The number of hydrogen-bond donors (Lipinski definition) is 0. The highest BCUT2D eigenvalue weighted by atomic mass is 127. The predicted octanol–water partition coefficient (Wildman–Crippen LogP) is 4.55. The van der Waals surface area contributed by atoms with E-state index in [0.29, 0.717) is 0 Å². The molecule has 0 N–H and O–H groups in total. The molecule has 0 aromatic carbocycles. The number of hydrogen-bond acceptors (Lipinski definition) is 0. The molecule has 0 aliphatic heterocycles. The first kappa shape index (κ1) is 15.0. The van der Waals surface area contributed by atoms with Crippen molar-refractivity contribution < 1.29 is 30.7 Å². The molecule has 0 aliphatic rings. The summed E-state index contributed by atoms with van der Waals surface area (Å²) in [7, 11) is 0. The van der Waals surface area contributed by atoms with E-state index >= 15 is 0 Å². The van der Waals surface area contributed by atoms with Crippen molar-refractivity contribution in [3.8, 4) is 0 Å². The Kier molecular flexibility index (Phi) is 4.45. The van der Waals surface area contributed by atoms with Gasteiger partial charge < -0.3 is 0 Å². The first-order valence-corrected chi connectivity index (χ1v) is 4.73. The van der Waals surface area contributed by atoms with E-state index in [2.05, 4.69) is 0 Å². The zero-order valence-corrected chi connectivity index (χ0v) is 9.47. The second kappa shape index (κ2) is 4.46. The van der Waals surface area contributed by atoms with Crippen molar-refractivity contribution in [2.24, 2.45) is 0 Å². The van der Waals surface area contributed by atoms with Gasteiger partial charge in [-0.15, -0.1) is 0 Å². The van der Waals surface area contributed by atoms with Gasteiger partial charge in [-0.05, 0) is 32.6 Å². The molecule has 0 aromatic heterocycles. The van der Waals surface area contributed by atoms with Crippen LogP contribution in [0.25, 0.3) is 0 Å². The summed E-state index contributed by atoms with van der Waals surface area (Å²) in [5, 5.41) is 0. The second-order valence-electron chi connectivity index (χ2n) is 2.64. The first-order chi connectivity index (χ1) is 6.45. The Hall–Kier alpha value is -0.0200. The van der Waals surface area contributed by atoms with E-state index in [4.69, 9.17) is 0 Å². The van der Waals surface area contributed by atoms with E-state index in [0.717, 1.165) is 0 Å². The first-order valence-electron chi connectivity index (χ1n) is 3.65. The van der Waals surface area contributed by atoms with Gasteiger partial charge in [0.1, 0.15) is 0 Å². The maximum absolute atomic E-state index is 12.6. The number of rotatable bonds is 3. The lowest BCUT2D eigenvalue weighted by Crippen LogP contribution is -2.50. The summed E-state index contributed by atoms with van der Waals surface area (Å²) in [4.78, 5) is 0. The van der Waals surface area contributed by atoms with Crippen molar-refractivity contribution >= 4 is 22.6 Å². The Bertz CT molecular complexity index is 253. The van der Waals surface area contributed by atoms with E-state index in [9.17, 15) is 30.7 Å². The van der Waals surface area contributed by atoms with Crippen LogP contribution in [0.3, 0.4) is 0 Å². The van der Waals surface area contributed by atoms with Gasteiger partial charge >= 0.3 is 18.0 Å². The van der Waals surface area contributed by atoms with Crippen LogP contribution in [-0.2, 0) is 0 Å². The molecule has 0 unspecified atom stereocenters. The van der Waals surface area contributed by atoms with Crippen LogP contribution >= 0.6 is 22.6 Å². The second-order valence-corrected chi connectivity index (χ2v) is 4.03. The third-order valence-electron chi connectivity index (χ3n) is 1.45. The van der Waals surface area contributed by atoms with E-state index in [1.807, 2.05) is 0 Å². The Labute approximate surface area is 94.7 Å². The summed E-state index contributed by atoms with van der Waals surface area (Å²) in [6, 6.07) is 0. The van der Waals surface area contributed by atoms with Crippen LogP contribution in [0.4, 0.5) is 30.7 Å². The average Bonchev–Trinajstić information content (AvgIpc) is 2.00. The predicted molar refractivity (Wildman–Crippen MR) is 48.3 cm³/mol. The smallest absolute Gasteiger partial charge is 0.195 e. The molecular formula is C7H6F7I. The summed E-state index contributed by atoms with van der Waals surface area (Å²) >= 11 is 1.28. The fourth-order valence-corrected chi connectivity index (χ4v) is 0.969. The van der Waals surface area contributed by atoms with Crippen LogP contribution in [0.1, 0.15) is 13.3 Å². The molecule has 0 radical (unpaired) electrons. The van der Waals surface area contributed by atoms with Crippen LogP contribution in [0.2, 0.25) is 0 Å². The van der Waals surface area contributed by atoms with Crippen LogP contribution < -0.4 is 0 Å². The Balaban J connectivity index is 5.20. The zero-order valence-electron chi connectivity index (χ0n) is 7.31. The molecule has 0 fully saturated rings. The third kappa shape index (κ3) is 3.22. The Morgan fingerprint density at radius 3 is 1.73 bits per heavy atom. The van der Waals surface area contributed by atoms with Gasteiger partial charge in [0.25, 0.3) is 0 Å². The summed E-state index contributed by atoms with van der Waals surface area (Å²) < 4.78 is 84.3. The van der Waals surface area contributed by atoms with E-state index < -0.39 is 18.0 Å². The molecule has 0 saturated heterocycles. The zero-order chi connectivity index (χ0) is 12.5. The van der Waals surface area contributed by atoms with Crippen molar-refractivity contribution in [3.05, 3.63) is 9.66 Å². The highest BCUT2D eigenvalue weighted by molar-refractivity contribution is 14.1. The standard InChI is InChI=1S/C7H6F7I/c1-2-4(15)3-5(8,9)6(10,11)7(12,13)14/h3H,2H2,1H3. The molecule has 15 heavy (non-hydrogen) atoms. The SMILES string of the molecule is CCC(I)=CC(F)(F)C(F)(F)C(F)(F)F. The topological polar surface area (TPSA) is 0 Å². The molecule has 0 heterocycles. The van der Waals surface area contributed by atoms with Gasteiger partial charge in [0.15, 0.2) is 0 Å². The largest absolute Gasteiger partial charge is 0.460 e. The van der Waals surface area contributed by atoms with Gasteiger partial charge in [-0.1, -0.05) is 6.92 Å². The molecule has 8 heteroatoms. The lowest BCUT2D eigenvalue weighted by atomic mass is 10.1. The fourth-order valence-electron chi connectivity index (χ4n) is 0.578. The van der Waals surface area contributed by atoms with E-state index in [1.165, 1.54) is 29.5 Å². The van der Waals surface area contributed by atoms with Crippen LogP contribution in [0.5, 0.6) is 0 Å². The molecule has 0 aliphatic carbocycles.